The van der Waals surface area contributed by atoms with Crippen LogP contribution in [0.25, 0.3) is 22.3 Å². The van der Waals surface area contributed by atoms with Gasteiger partial charge in [-0.05, 0) is 37.0 Å². The Kier molecular flexibility index (Phi) is 4.25. The van der Waals surface area contributed by atoms with Crippen LogP contribution in [0.4, 0.5) is 11.5 Å². The first-order valence-electron chi connectivity index (χ1n) is 10.8. The molecule has 0 saturated carbocycles. The predicted octanol–water partition coefficient (Wildman–Crippen LogP) is 2.68. The summed E-state index contributed by atoms with van der Waals surface area (Å²) in [6.07, 6.45) is 6.74. The average Bonchev–Trinajstić information content (AvgIpc) is 3.58. The van der Waals surface area contributed by atoms with Crippen molar-refractivity contribution in [2.45, 2.75) is 31.6 Å². The van der Waals surface area contributed by atoms with Crippen molar-refractivity contribution < 1.29 is 9.53 Å². The smallest absolute Gasteiger partial charge is 0.256 e. The highest BCUT2D eigenvalue weighted by Gasteiger charge is 2.37. The minimum Gasteiger partial charge on any atom is -0.383 e. The molecule has 3 aromatic heterocycles. The van der Waals surface area contributed by atoms with E-state index in [4.69, 9.17) is 10.5 Å². The summed E-state index contributed by atoms with van der Waals surface area (Å²) in [5, 5.41) is 5.27. The number of anilines is 2. The van der Waals surface area contributed by atoms with Crippen LogP contribution in [0.1, 0.15) is 24.6 Å². The van der Waals surface area contributed by atoms with Crippen LogP contribution in [-0.2, 0) is 23.0 Å². The summed E-state index contributed by atoms with van der Waals surface area (Å²) in [6, 6.07) is 10.00. The number of nitrogen functional groups attached to an aromatic ring is 1. The molecule has 0 aliphatic carbocycles. The first-order chi connectivity index (χ1) is 15.6. The maximum Gasteiger partial charge on any atom is 0.256 e. The van der Waals surface area contributed by atoms with Crippen molar-refractivity contribution >= 4 is 28.4 Å². The van der Waals surface area contributed by atoms with Crippen LogP contribution < -0.4 is 10.6 Å². The van der Waals surface area contributed by atoms with E-state index in [9.17, 15) is 4.79 Å². The Balaban J connectivity index is 1.32. The number of ether oxygens (including phenoxy) is 1. The van der Waals surface area contributed by atoms with Gasteiger partial charge in [0.05, 0.1) is 11.1 Å². The topological polar surface area (TPSA) is 104 Å². The molecular weight excluding hydrogens is 406 g/mol. The molecule has 32 heavy (non-hydrogen) atoms. The van der Waals surface area contributed by atoms with Crippen molar-refractivity contribution in [2.75, 3.05) is 17.2 Å². The van der Waals surface area contributed by atoms with Crippen molar-refractivity contribution in [3.05, 3.63) is 54.6 Å². The van der Waals surface area contributed by atoms with Crippen molar-refractivity contribution in [3.8, 4) is 11.3 Å². The fourth-order valence-corrected chi connectivity index (χ4v) is 4.83. The zero-order valence-corrected chi connectivity index (χ0v) is 17.7. The van der Waals surface area contributed by atoms with Gasteiger partial charge in [-0.3, -0.25) is 9.48 Å². The highest BCUT2D eigenvalue weighted by Crippen LogP contribution is 2.38. The number of aryl methyl sites for hydroxylation is 1. The molecule has 0 radical (unpaired) electrons. The van der Waals surface area contributed by atoms with Gasteiger partial charge < -0.3 is 19.9 Å². The zero-order chi connectivity index (χ0) is 21.8. The number of fused-ring (bicyclic) bond motifs is 2. The number of nitrogens with zero attached hydrogens (tertiary/aromatic N) is 6. The van der Waals surface area contributed by atoms with E-state index in [0.717, 1.165) is 28.8 Å². The molecule has 4 aromatic rings. The molecule has 6 rings (SSSR count). The lowest BCUT2D eigenvalue weighted by atomic mass is 10.1. The molecule has 1 aromatic carbocycles. The molecule has 162 valence electrons. The molecule has 1 amide bonds. The number of nitrogens with two attached hydrogens (primary N) is 1. The van der Waals surface area contributed by atoms with E-state index in [1.807, 2.05) is 53.2 Å². The summed E-state index contributed by atoms with van der Waals surface area (Å²) >= 11 is 0. The maximum absolute atomic E-state index is 13.3. The van der Waals surface area contributed by atoms with E-state index >= 15 is 0 Å². The third-order valence-electron chi connectivity index (χ3n) is 6.36. The summed E-state index contributed by atoms with van der Waals surface area (Å²) in [7, 11) is 1.87. The zero-order valence-electron chi connectivity index (χ0n) is 17.7. The number of amides is 1. The Morgan fingerprint density at radius 3 is 2.91 bits per heavy atom. The third kappa shape index (κ3) is 2.89. The van der Waals surface area contributed by atoms with Gasteiger partial charge in [-0.15, -0.1) is 0 Å². The average molecular weight is 429 g/mol. The van der Waals surface area contributed by atoms with Crippen LogP contribution in [0.3, 0.4) is 0 Å². The number of rotatable bonds is 3. The van der Waals surface area contributed by atoms with E-state index in [0.29, 0.717) is 30.9 Å². The highest BCUT2D eigenvalue weighted by molar-refractivity contribution is 6.00. The van der Waals surface area contributed by atoms with Crippen LogP contribution in [0.2, 0.25) is 0 Å². The van der Waals surface area contributed by atoms with Gasteiger partial charge in [0.2, 0.25) is 0 Å². The first kappa shape index (κ1) is 19.0. The maximum atomic E-state index is 13.3. The monoisotopic (exact) mass is 429 g/mol. The molecule has 1 saturated heterocycles. The fraction of sp³-hybridized carbons (Fsp3) is 0.304. The van der Waals surface area contributed by atoms with Crippen molar-refractivity contribution in [1.82, 2.24) is 24.3 Å². The number of carbonyl (C=O) groups excluding carboxylic acids is 1. The summed E-state index contributed by atoms with van der Waals surface area (Å²) in [5.41, 5.74) is 10.7. The van der Waals surface area contributed by atoms with Gasteiger partial charge in [0.1, 0.15) is 30.1 Å². The second kappa shape index (κ2) is 7.16. The fourth-order valence-electron chi connectivity index (χ4n) is 4.83. The molecule has 5 heterocycles. The summed E-state index contributed by atoms with van der Waals surface area (Å²) in [5.74, 6) is 0.418. The van der Waals surface area contributed by atoms with Gasteiger partial charge in [0, 0.05) is 37.2 Å². The lowest BCUT2D eigenvalue weighted by Crippen LogP contribution is -2.38. The van der Waals surface area contributed by atoms with Crippen molar-refractivity contribution in [1.29, 1.82) is 0 Å². The summed E-state index contributed by atoms with van der Waals surface area (Å²) in [4.78, 5) is 23.8. The first-order valence-corrected chi connectivity index (χ1v) is 10.8. The van der Waals surface area contributed by atoms with Gasteiger partial charge >= 0.3 is 0 Å². The molecule has 2 aliphatic rings. The molecule has 2 unspecified atom stereocenters. The number of hydrogen-bond donors (Lipinski definition) is 1. The van der Waals surface area contributed by atoms with E-state index < -0.39 is 6.10 Å². The van der Waals surface area contributed by atoms with Gasteiger partial charge in [-0.25, -0.2) is 9.97 Å². The van der Waals surface area contributed by atoms with E-state index in [-0.39, 0.29) is 12.1 Å². The van der Waals surface area contributed by atoms with Crippen molar-refractivity contribution in [2.24, 2.45) is 7.05 Å². The minimum absolute atomic E-state index is 0.0213. The van der Waals surface area contributed by atoms with Crippen LogP contribution >= 0.6 is 0 Å². The number of hydrogen-bond acceptors (Lipinski definition) is 6. The van der Waals surface area contributed by atoms with Crippen LogP contribution in [0.5, 0.6) is 0 Å². The number of carbonyl (C=O) groups is 1. The Bertz CT molecular complexity index is 1340. The normalized spacial score (nSPS) is 20.2. The Labute approximate surface area is 184 Å². The molecule has 0 bridgehead atoms. The molecule has 9 heteroatoms. The van der Waals surface area contributed by atoms with Crippen LogP contribution in [0.15, 0.2) is 49.1 Å². The second-order valence-electron chi connectivity index (χ2n) is 8.31. The minimum atomic E-state index is -0.485. The highest BCUT2D eigenvalue weighted by atomic mass is 16.5. The molecule has 0 spiro atoms. The summed E-state index contributed by atoms with van der Waals surface area (Å²) < 4.78 is 9.99. The van der Waals surface area contributed by atoms with Gasteiger partial charge in [-0.1, -0.05) is 18.2 Å². The lowest BCUT2D eigenvalue weighted by molar-refractivity contribution is -0.131. The number of para-hydroxylation sites is 1. The Morgan fingerprint density at radius 2 is 2.06 bits per heavy atom. The van der Waals surface area contributed by atoms with E-state index in [1.165, 1.54) is 11.9 Å². The lowest BCUT2D eigenvalue weighted by Gasteiger charge is -2.22. The molecule has 2 N–H and O–H groups in total. The van der Waals surface area contributed by atoms with E-state index in [2.05, 4.69) is 21.1 Å². The quantitative estimate of drug-likeness (QED) is 0.537. The largest absolute Gasteiger partial charge is 0.383 e. The number of benzene rings is 1. The standard InChI is InChI=1S/C23H23N7O2/c1-28-10-9-16(27-28)15-12-30(22-20(15)21(24)25-13-26-22)19-7-6-18(32-19)23(31)29-11-8-14-4-2-3-5-17(14)29/h2-5,9-10,12-13,18-19H,6-8,11H2,1H3,(H2,24,25,26). The predicted molar refractivity (Wildman–Crippen MR) is 120 cm³/mol. The van der Waals surface area contributed by atoms with Gasteiger partial charge in [-0.2, -0.15) is 5.10 Å². The van der Waals surface area contributed by atoms with Crippen molar-refractivity contribution in [3.63, 3.8) is 0 Å². The van der Waals surface area contributed by atoms with E-state index in [1.54, 1.807) is 4.68 Å². The van der Waals surface area contributed by atoms with Gasteiger partial charge in [0.25, 0.3) is 5.91 Å². The van der Waals surface area contributed by atoms with Crippen LogP contribution in [-0.4, -0.2) is 42.9 Å². The molecule has 1 fully saturated rings. The Morgan fingerprint density at radius 1 is 1.19 bits per heavy atom. The molecule has 9 nitrogen and oxygen atoms in total. The van der Waals surface area contributed by atoms with Gasteiger partial charge in [0.15, 0.2) is 0 Å². The molecular formula is C23H23N7O2. The summed E-state index contributed by atoms with van der Waals surface area (Å²) in [6.45, 7) is 0.697. The SMILES string of the molecule is Cn1ccc(-c2cn(C3CCC(C(=O)N4CCc5ccccc54)O3)c3ncnc(N)c23)n1. The molecule has 2 atom stereocenters. The third-order valence-corrected chi connectivity index (χ3v) is 6.36. The second-order valence-corrected chi connectivity index (χ2v) is 8.31. The number of aromatic nitrogens is 5. The van der Waals surface area contributed by atoms with Crippen LogP contribution in [0, 0.1) is 0 Å². The Hall–Kier alpha value is -3.72. The molecule has 2 aliphatic heterocycles.